The lowest BCUT2D eigenvalue weighted by Crippen LogP contribution is -2.21. The average Bonchev–Trinajstić information content (AvgIpc) is 2.19. The van der Waals surface area contributed by atoms with Gasteiger partial charge in [0.05, 0.1) is 5.56 Å². The SMILES string of the molecule is O=c1ccc(C(F)(F)F)cn1CCCCCl. The number of pyridine rings is 1. The third-order valence-corrected chi connectivity index (χ3v) is 2.36. The molecule has 16 heavy (non-hydrogen) atoms. The molecule has 0 atom stereocenters. The molecular formula is C10H11ClF3NO. The van der Waals surface area contributed by atoms with Crippen molar-refractivity contribution in [3.05, 3.63) is 34.2 Å². The van der Waals surface area contributed by atoms with Crippen LogP contribution in [0.4, 0.5) is 13.2 Å². The molecule has 0 aliphatic rings. The predicted octanol–water partition coefficient (Wildman–Crippen LogP) is 2.89. The fourth-order valence-electron chi connectivity index (χ4n) is 1.25. The molecule has 0 spiro atoms. The number of unbranched alkanes of at least 4 members (excludes halogenated alkanes) is 1. The summed E-state index contributed by atoms with van der Waals surface area (Å²) in [6.07, 6.45) is -2.31. The van der Waals surface area contributed by atoms with Crippen molar-refractivity contribution in [2.45, 2.75) is 25.6 Å². The first-order valence-corrected chi connectivity index (χ1v) is 5.32. The second-order valence-electron chi connectivity index (χ2n) is 3.34. The van der Waals surface area contributed by atoms with Gasteiger partial charge in [0.2, 0.25) is 0 Å². The minimum Gasteiger partial charge on any atom is -0.315 e. The fraction of sp³-hybridized carbons (Fsp3) is 0.500. The van der Waals surface area contributed by atoms with Crippen LogP contribution in [0.1, 0.15) is 18.4 Å². The first-order valence-electron chi connectivity index (χ1n) is 4.79. The van der Waals surface area contributed by atoms with Crippen molar-refractivity contribution >= 4 is 11.6 Å². The number of halogens is 4. The van der Waals surface area contributed by atoms with E-state index in [2.05, 4.69) is 0 Å². The molecule has 1 aromatic rings. The zero-order valence-corrected chi connectivity index (χ0v) is 9.18. The summed E-state index contributed by atoms with van der Waals surface area (Å²) in [6.45, 7) is 0.259. The van der Waals surface area contributed by atoms with Crippen molar-refractivity contribution in [2.75, 3.05) is 5.88 Å². The van der Waals surface area contributed by atoms with E-state index >= 15 is 0 Å². The highest BCUT2D eigenvalue weighted by Gasteiger charge is 2.30. The fourth-order valence-corrected chi connectivity index (χ4v) is 1.44. The van der Waals surface area contributed by atoms with Crippen molar-refractivity contribution in [3.63, 3.8) is 0 Å². The zero-order chi connectivity index (χ0) is 12.2. The van der Waals surface area contributed by atoms with Crippen LogP contribution in [0.25, 0.3) is 0 Å². The van der Waals surface area contributed by atoms with Gasteiger partial charge < -0.3 is 4.57 Å². The average molecular weight is 254 g/mol. The van der Waals surface area contributed by atoms with E-state index < -0.39 is 17.3 Å². The van der Waals surface area contributed by atoms with Crippen molar-refractivity contribution in [1.29, 1.82) is 0 Å². The summed E-state index contributed by atoms with van der Waals surface area (Å²) in [5.41, 5.74) is -1.24. The molecule has 1 aromatic heterocycles. The second kappa shape index (κ2) is 5.39. The molecular weight excluding hydrogens is 243 g/mol. The lowest BCUT2D eigenvalue weighted by molar-refractivity contribution is -0.138. The number of hydrogen-bond donors (Lipinski definition) is 0. The summed E-state index contributed by atoms with van der Waals surface area (Å²) in [7, 11) is 0. The van der Waals surface area contributed by atoms with E-state index in [1.165, 1.54) is 0 Å². The summed E-state index contributed by atoms with van der Waals surface area (Å²) in [5.74, 6) is 0.438. The molecule has 0 bridgehead atoms. The molecule has 2 nitrogen and oxygen atoms in total. The van der Waals surface area contributed by atoms with Crippen molar-refractivity contribution < 1.29 is 13.2 Å². The van der Waals surface area contributed by atoms with E-state index in [0.29, 0.717) is 18.7 Å². The summed E-state index contributed by atoms with van der Waals surface area (Å²) in [6, 6.07) is 1.73. The Morgan fingerprint density at radius 3 is 2.50 bits per heavy atom. The Labute approximate surface area is 95.6 Å². The van der Waals surface area contributed by atoms with Gasteiger partial charge in [0.1, 0.15) is 0 Å². The van der Waals surface area contributed by atoms with Crippen LogP contribution in [0.3, 0.4) is 0 Å². The van der Waals surface area contributed by atoms with Gasteiger partial charge in [-0.05, 0) is 18.9 Å². The summed E-state index contributed by atoms with van der Waals surface area (Å²) in [4.78, 5) is 11.3. The maximum Gasteiger partial charge on any atom is 0.417 e. The van der Waals surface area contributed by atoms with E-state index in [1.807, 2.05) is 0 Å². The minimum absolute atomic E-state index is 0.259. The molecule has 0 aromatic carbocycles. The topological polar surface area (TPSA) is 22.0 Å². The molecule has 0 aliphatic carbocycles. The van der Waals surface area contributed by atoms with Gasteiger partial charge in [-0.1, -0.05) is 0 Å². The molecule has 90 valence electrons. The summed E-state index contributed by atoms with van der Waals surface area (Å²) < 4.78 is 38.1. The number of aromatic nitrogens is 1. The van der Waals surface area contributed by atoms with Gasteiger partial charge in [-0.15, -0.1) is 11.6 Å². The van der Waals surface area contributed by atoms with Crippen LogP contribution >= 0.6 is 11.6 Å². The van der Waals surface area contributed by atoms with Gasteiger partial charge >= 0.3 is 6.18 Å². The first-order chi connectivity index (χ1) is 7.45. The predicted molar refractivity (Wildman–Crippen MR) is 55.7 cm³/mol. The molecule has 0 fully saturated rings. The highest BCUT2D eigenvalue weighted by molar-refractivity contribution is 6.17. The van der Waals surface area contributed by atoms with Crippen LogP contribution in [0.15, 0.2) is 23.1 Å². The molecule has 6 heteroatoms. The summed E-state index contributed by atoms with van der Waals surface area (Å²) in [5, 5.41) is 0. The van der Waals surface area contributed by atoms with E-state index in [1.54, 1.807) is 0 Å². The Morgan fingerprint density at radius 1 is 1.25 bits per heavy atom. The normalized spacial score (nSPS) is 11.8. The Kier molecular flexibility index (Phi) is 4.41. The Balaban J connectivity index is 2.87. The van der Waals surface area contributed by atoms with Crippen LogP contribution in [-0.2, 0) is 12.7 Å². The Hall–Kier alpha value is -0.970. The molecule has 0 saturated heterocycles. The molecule has 0 amide bonds. The first kappa shape index (κ1) is 13.1. The minimum atomic E-state index is -4.41. The van der Waals surface area contributed by atoms with E-state index in [0.717, 1.165) is 22.9 Å². The van der Waals surface area contributed by atoms with E-state index in [-0.39, 0.29) is 6.54 Å². The molecule has 0 radical (unpaired) electrons. The highest BCUT2D eigenvalue weighted by atomic mass is 35.5. The van der Waals surface area contributed by atoms with Crippen LogP contribution in [0, 0.1) is 0 Å². The zero-order valence-electron chi connectivity index (χ0n) is 8.43. The largest absolute Gasteiger partial charge is 0.417 e. The van der Waals surface area contributed by atoms with Gasteiger partial charge in [0.25, 0.3) is 5.56 Å². The Morgan fingerprint density at radius 2 is 1.94 bits per heavy atom. The maximum absolute atomic E-state index is 12.4. The third kappa shape index (κ3) is 3.56. The maximum atomic E-state index is 12.4. The molecule has 0 aliphatic heterocycles. The standard InChI is InChI=1S/C10H11ClF3NO/c11-5-1-2-6-15-7-8(10(12,13)14)3-4-9(15)16/h3-4,7H,1-2,5-6H2. The monoisotopic (exact) mass is 253 g/mol. The van der Waals surface area contributed by atoms with Crippen LogP contribution in [0.2, 0.25) is 0 Å². The Bertz CT molecular complexity index is 400. The molecule has 0 N–H and O–H groups in total. The number of nitrogens with zero attached hydrogens (tertiary/aromatic N) is 1. The van der Waals surface area contributed by atoms with Crippen LogP contribution in [0.5, 0.6) is 0 Å². The van der Waals surface area contributed by atoms with Crippen LogP contribution < -0.4 is 5.56 Å². The molecule has 0 unspecified atom stereocenters. The van der Waals surface area contributed by atoms with Gasteiger partial charge in [-0.25, -0.2) is 0 Å². The smallest absolute Gasteiger partial charge is 0.315 e. The van der Waals surface area contributed by atoms with Gasteiger partial charge in [0, 0.05) is 24.7 Å². The second-order valence-corrected chi connectivity index (χ2v) is 3.72. The molecule has 0 saturated carbocycles. The van der Waals surface area contributed by atoms with Crippen molar-refractivity contribution in [3.8, 4) is 0 Å². The quantitative estimate of drug-likeness (QED) is 0.597. The lowest BCUT2D eigenvalue weighted by atomic mass is 10.2. The number of hydrogen-bond acceptors (Lipinski definition) is 1. The van der Waals surface area contributed by atoms with Crippen LogP contribution in [-0.4, -0.2) is 10.4 Å². The molecule has 1 rings (SSSR count). The highest BCUT2D eigenvalue weighted by Crippen LogP contribution is 2.27. The third-order valence-electron chi connectivity index (χ3n) is 2.09. The van der Waals surface area contributed by atoms with Crippen molar-refractivity contribution in [1.82, 2.24) is 4.57 Å². The van der Waals surface area contributed by atoms with Gasteiger partial charge in [0.15, 0.2) is 0 Å². The van der Waals surface area contributed by atoms with E-state index in [9.17, 15) is 18.0 Å². The summed E-state index contributed by atoms with van der Waals surface area (Å²) >= 11 is 5.44. The van der Waals surface area contributed by atoms with Gasteiger partial charge in [-0.2, -0.15) is 13.2 Å². The number of rotatable bonds is 4. The number of alkyl halides is 4. The van der Waals surface area contributed by atoms with E-state index in [4.69, 9.17) is 11.6 Å². The molecule has 1 heterocycles. The van der Waals surface area contributed by atoms with Crippen molar-refractivity contribution in [2.24, 2.45) is 0 Å². The number of aryl methyl sites for hydroxylation is 1. The lowest BCUT2D eigenvalue weighted by Gasteiger charge is -2.10. The van der Waals surface area contributed by atoms with Gasteiger partial charge in [-0.3, -0.25) is 4.79 Å².